The Kier molecular flexibility index (Phi) is 7.07. The van der Waals surface area contributed by atoms with Crippen molar-refractivity contribution < 1.29 is 46.5 Å². The zero-order valence-electron chi connectivity index (χ0n) is 20.5. The number of fused-ring (bicyclic) bond motifs is 1. The Morgan fingerprint density at radius 1 is 0.838 bits per heavy atom. The fraction of sp³-hybridized carbons (Fsp3) is 0.444. The second kappa shape index (κ2) is 9.81. The number of halogens is 3. The van der Waals surface area contributed by atoms with Gasteiger partial charge in [0.1, 0.15) is 6.61 Å². The van der Waals surface area contributed by atoms with Crippen LogP contribution in [0.2, 0.25) is 0 Å². The van der Waals surface area contributed by atoms with Crippen LogP contribution in [0.25, 0.3) is 0 Å². The van der Waals surface area contributed by atoms with Gasteiger partial charge in [-0.15, -0.1) is 0 Å². The summed E-state index contributed by atoms with van der Waals surface area (Å²) in [5, 5.41) is 0. The van der Waals surface area contributed by atoms with Gasteiger partial charge in [-0.1, -0.05) is 54.6 Å². The van der Waals surface area contributed by atoms with E-state index in [1.165, 1.54) is 18.2 Å². The normalized spacial score (nSPS) is 25.3. The van der Waals surface area contributed by atoms with E-state index < -0.39 is 47.2 Å². The second-order valence-corrected chi connectivity index (χ2v) is 8.94. The molecule has 0 radical (unpaired) electrons. The second-order valence-electron chi connectivity index (χ2n) is 8.94. The van der Waals surface area contributed by atoms with E-state index in [1.807, 2.05) is 0 Å². The molecular weight excluding hydrogens is 493 g/mol. The van der Waals surface area contributed by atoms with Crippen LogP contribution in [-0.4, -0.2) is 44.4 Å². The fourth-order valence-corrected chi connectivity index (χ4v) is 5.36. The molecule has 0 saturated heterocycles. The monoisotopic (exact) mass is 520 g/mol. The molecule has 0 aromatic heterocycles. The van der Waals surface area contributed by atoms with Crippen LogP contribution in [0, 0.1) is 17.8 Å². The number of rotatable bonds is 10. The summed E-state index contributed by atoms with van der Waals surface area (Å²) in [6.45, 7) is 3.40. The van der Waals surface area contributed by atoms with Crippen molar-refractivity contribution in [3.63, 3.8) is 0 Å². The van der Waals surface area contributed by atoms with Gasteiger partial charge in [0, 0.05) is 18.1 Å². The molecule has 0 bridgehead atoms. The molecule has 0 aliphatic heterocycles. The van der Waals surface area contributed by atoms with E-state index in [9.17, 15) is 27.6 Å². The highest BCUT2D eigenvalue weighted by atomic mass is 19.4. The summed E-state index contributed by atoms with van der Waals surface area (Å²) in [6.07, 6.45) is -5.07. The summed E-state index contributed by atoms with van der Waals surface area (Å²) in [5.74, 6) is -3.47. The lowest BCUT2D eigenvalue weighted by molar-refractivity contribution is -0.276. The first-order chi connectivity index (χ1) is 17.6. The molecule has 2 fully saturated rings. The molecule has 3 atom stereocenters. The van der Waals surface area contributed by atoms with Crippen LogP contribution in [0.15, 0.2) is 54.6 Å². The molecule has 7 nitrogen and oxygen atoms in total. The maximum Gasteiger partial charge on any atom is 0.432 e. The number of carbonyl (C=O) groups excluding carboxylic acids is 3. The van der Waals surface area contributed by atoms with E-state index in [1.54, 1.807) is 38.1 Å². The van der Waals surface area contributed by atoms with Crippen LogP contribution in [0.3, 0.4) is 0 Å². The van der Waals surface area contributed by atoms with E-state index in [-0.39, 0.29) is 31.1 Å². The quantitative estimate of drug-likeness (QED) is 0.345. The van der Waals surface area contributed by atoms with Gasteiger partial charge in [-0.25, -0.2) is 4.79 Å². The third kappa shape index (κ3) is 4.17. The first-order valence-corrected chi connectivity index (χ1v) is 11.9. The standard InChI is InChI=1S/C27H27F3O7/c1-4-35-22(31)20-19-21(23(32)36-5-2)25(19,20)17-13-11-16(12-14-17)15-37-24(33)26(34-3,27(28,29)30)18-9-7-6-8-10-18/h6-14,19-21H,4-5,15H2,1-3H3/t19?,20-,21-,25?,26+/m0/s1. The zero-order valence-corrected chi connectivity index (χ0v) is 20.5. The Labute approximate surface area is 211 Å². The van der Waals surface area contributed by atoms with E-state index in [0.717, 1.165) is 24.8 Å². The summed E-state index contributed by atoms with van der Waals surface area (Å²) in [6, 6.07) is 13.1. The highest BCUT2D eigenvalue weighted by Crippen LogP contribution is 2.84. The van der Waals surface area contributed by atoms with Crippen LogP contribution in [0.5, 0.6) is 0 Å². The lowest BCUT2D eigenvalue weighted by Gasteiger charge is -2.32. The Morgan fingerprint density at radius 2 is 1.38 bits per heavy atom. The van der Waals surface area contributed by atoms with Gasteiger partial charge in [-0.3, -0.25) is 9.59 Å². The van der Waals surface area contributed by atoms with Gasteiger partial charge in [0.2, 0.25) is 0 Å². The summed E-state index contributed by atoms with van der Waals surface area (Å²) >= 11 is 0. The van der Waals surface area contributed by atoms with E-state index >= 15 is 0 Å². The number of esters is 3. The van der Waals surface area contributed by atoms with Crippen molar-refractivity contribution in [3.8, 4) is 0 Å². The van der Waals surface area contributed by atoms with Gasteiger partial charge >= 0.3 is 24.1 Å². The molecule has 0 heterocycles. The molecule has 0 unspecified atom stereocenters. The minimum absolute atomic E-state index is 0.214. The van der Waals surface area contributed by atoms with Crippen molar-refractivity contribution in [1.29, 1.82) is 0 Å². The molecule has 2 aliphatic carbocycles. The molecule has 2 saturated carbocycles. The van der Waals surface area contributed by atoms with Crippen LogP contribution in [-0.2, 0) is 51.0 Å². The first kappa shape index (κ1) is 26.7. The van der Waals surface area contributed by atoms with Gasteiger partial charge in [0.15, 0.2) is 0 Å². The van der Waals surface area contributed by atoms with Gasteiger partial charge in [-0.2, -0.15) is 13.2 Å². The molecular formula is C27H27F3O7. The van der Waals surface area contributed by atoms with Gasteiger partial charge in [-0.05, 0) is 30.9 Å². The maximum absolute atomic E-state index is 14.0. The van der Waals surface area contributed by atoms with Crippen molar-refractivity contribution in [1.82, 2.24) is 0 Å². The third-order valence-corrected chi connectivity index (χ3v) is 7.16. The molecule has 0 amide bonds. The molecule has 198 valence electrons. The predicted molar refractivity (Wildman–Crippen MR) is 123 cm³/mol. The Bertz CT molecular complexity index is 1140. The molecule has 2 aromatic rings. The van der Waals surface area contributed by atoms with Crippen molar-refractivity contribution in [2.75, 3.05) is 20.3 Å². The molecule has 2 aliphatic rings. The fourth-order valence-electron chi connectivity index (χ4n) is 5.36. The van der Waals surface area contributed by atoms with Gasteiger partial charge in [0.25, 0.3) is 5.60 Å². The van der Waals surface area contributed by atoms with Crippen LogP contribution in [0.1, 0.15) is 30.5 Å². The predicted octanol–water partition coefficient (Wildman–Crippen LogP) is 4.07. The number of hydrogen-bond donors (Lipinski definition) is 0. The number of carbonyl (C=O) groups is 3. The molecule has 37 heavy (non-hydrogen) atoms. The molecule has 4 rings (SSSR count). The first-order valence-electron chi connectivity index (χ1n) is 11.9. The molecule has 0 N–H and O–H groups in total. The lowest BCUT2D eigenvalue weighted by Crippen LogP contribution is -2.51. The smallest absolute Gasteiger partial charge is 0.432 e. The van der Waals surface area contributed by atoms with Crippen LogP contribution in [0.4, 0.5) is 13.2 Å². The zero-order chi connectivity index (χ0) is 27.0. The molecule has 0 spiro atoms. The average Bonchev–Trinajstić information content (AvgIpc) is 3.74. The van der Waals surface area contributed by atoms with Crippen molar-refractivity contribution >= 4 is 17.9 Å². The van der Waals surface area contributed by atoms with Crippen molar-refractivity contribution in [2.45, 2.75) is 37.6 Å². The average molecular weight is 521 g/mol. The van der Waals surface area contributed by atoms with Crippen LogP contribution < -0.4 is 0 Å². The SMILES string of the molecule is CCOC(=O)[C@@H]1C2[C@@H](C(=O)OCC)C21c1ccc(COC(=O)[C@](OC)(c2ccccc2)C(F)(F)F)cc1. The van der Waals surface area contributed by atoms with E-state index in [4.69, 9.17) is 18.9 Å². The minimum atomic E-state index is -5.07. The van der Waals surface area contributed by atoms with E-state index in [0.29, 0.717) is 5.56 Å². The molecule has 2 aromatic carbocycles. The van der Waals surface area contributed by atoms with Crippen LogP contribution >= 0.6 is 0 Å². The molecule has 10 heteroatoms. The number of ether oxygens (including phenoxy) is 4. The van der Waals surface area contributed by atoms with Crippen molar-refractivity contribution in [2.24, 2.45) is 17.8 Å². The Morgan fingerprint density at radius 3 is 1.84 bits per heavy atom. The highest BCUT2D eigenvalue weighted by Gasteiger charge is 2.92. The summed E-state index contributed by atoms with van der Waals surface area (Å²) in [7, 11) is 0.803. The Hall–Kier alpha value is -3.40. The van der Waals surface area contributed by atoms with Crippen molar-refractivity contribution in [3.05, 3.63) is 71.3 Å². The minimum Gasteiger partial charge on any atom is -0.466 e. The summed E-state index contributed by atoms with van der Waals surface area (Å²) in [5.41, 5.74) is -3.24. The lowest BCUT2D eigenvalue weighted by atomic mass is 9.89. The van der Waals surface area contributed by atoms with E-state index in [2.05, 4.69) is 0 Å². The maximum atomic E-state index is 14.0. The number of hydrogen-bond acceptors (Lipinski definition) is 7. The van der Waals surface area contributed by atoms with Gasteiger partial charge in [0.05, 0.1) is 25.0 Å². The number of benzene rings is 2. The third-order valence-electron chi connectivity index (χ3n) is 7.16. The topological polar surface area (TPSA) is 88.1 Å². The van der Waals surface area contributed by atoms with Gasteiger partial charge < -0.3 is 18.9 Å². The largest absolute Gasteiger partial charge is 0.466 e. The summed E-state index contributed by atoms with van der Waals surface area (Å²) in [4.78, 5) is 37.5. The number of alkyl halides is 3. The number of methoxy groups -OCH3 is 1. The Balaban J connectivity index is 1.50. The highest BCUT2D eigenvalue weighted by molar-refractivity contribution is 5.94. The summed E-state index contributed by atoms with van der Waals surface area (Å²) < 4.78 is 62.2.